The second-order valence-electron chi connectivity index (χ2n) is 7.44. The van der Waals surface area contributed by atoms with Gasteiger partial charge in [0.2, 0.25) is 0 Å². The van der Waals surface area contributed by atoms with Crippen LogP contribution in [0.4, 0.5) is 9.59 Å². The highest BCUT2D eigenvalue weighted by atomic mass is 16.6. The number of hydrogen-bond acceptors (Lipinski definition) is 5. The monoisotopic (exact) mass is 398 g/mol. The van der Waals surface area contributed by atoms with Gasteiger partial charge in [0.1, 0.15) is 18.2 Å². The van der Waals surface area contributed by atoms with E-state index in [4.69, 9.17) is 9.47 Å². The largest absolute Gasteiger partial charge is 0.444 e. The molecule has 2 aromatic rings. The molecule has 0 radical (unpaired) electrons. The Hall–Kier alpha value is -3.35. The topological polar surface area (TPSA) is 93.7 Å². The molecule has 2 N–H and O–H groups in total. The number of benzene rings is 2. The summed E-state index contributed by atoms with van der Waals surface area (Å²) in [5.74, 6) is -0.683. The maximum Gasteiger partial charge on any atom is 0.414 e. The van der Waals surface area contributed by atoms with Crippen molar-refractivity contribution in [2.24, 2.45) is 0 Å². The molecule has 0 aliphatic heterocycles. The summed E-state index contributed by atoms with van der Waals surface area (Å²) in [5.41, 5.74) is 0.899. The van der Waals surface area contributed by atoms with Gasteiger partial charge >= 0.3 is 12.2 Å². The average Bonchev–Trinajstić information content (AvgIpc) is 2.66. The number of alkyl carbamates (subject to hydrolysis) is 2. The van der Waals surface area contributed by atoms with E-state index in [9.17, 15) is 14.4 Å². The van der Waals surface area contributed by atoms with Crippen molar-refractivity contribution in [1.29, 1.82) is 0 Å². The average molecular weight is 398 g/mol. The highest BCUT2D eigenvalue weighted by molar-refractivity contribution is 5.96. The van der Waals surface area contributed by atoms with E-state index in [0.717, 1.165) is 11.1 Å². The second kappa shape index (κ2) is 10.3. The van der Waals surface area contributed by atoms with Gasteiger partial charge < -0.3 is 14.8 Å². The molecule has 0 aromatic heterocycles. The Morgan fingerprint density at radius 2 is 1.41 bits per heavy atom. The highest BCUT2D eigenvalue weighted by Crippen LogP contribution is 2.09. The molecule has 2 rings (SSSR count). The summed E-state index contributed by atoms with van der Waals surface area (Å²) in [6.07, 6.45) is -1.44. The van der Waals surface area contributed by atoms with Crippen molar-refractivity contribution in [3.05, 3.63) is 71.8 Å². The van der Waals surface area contributed by atoms with Crippen LogP contribution >= 0.6 is 0 Å². The Balaban J connectivity index is 1.98. The Labute approximate surface area is 170 Å². The van der Waals surface area contributed by atoms with Crippen LogP contribution in [0.1, 0.15) is 31.9 Å². The number of amides is 3. The Morgan fingerprint density at radius 3 is 1.97 bits per heavy atom. The van der Waals surface area contributed by atoms with Gasteiger partial charge in [0.25, 0.3) is 5.91 Å². The predicted octanol–water partition coefficient (Wildman–Crippen LogP) is 3.58. The van der Waals surface area contributed by atoms with E-state index in [0.29, 0.717) is 0 Å². The SMILES string of the molecule is CC(C)(C)OC(=O)N[C@@H](Cc1ccccc1)C(=O)NC(=O)OCc1ccccc1. The summed E-state index contributed by atoms with van der Waals surface area (Å²) in [6, 6.07) is 17.2. The zero-order chi connectivity index (χ0) is 21.3. The Bertz CT molecular complexity index is 816. The molecule has 0 bridgehead atoms. The number of rotatable bonds is 6. The minimum absolute atomic E-state index is 0.0306. The third kappa shape index (κ3) is 8.47. The molecule has 1 atom stereocenters. The molecule has 0 saturated heterocycles. The summed E-state index contributed by atoms with van der Waals surface area (Å²) < 4.78 is 10.3. The lowest BCUT2D eigenvalue weighted by Gasteiger charge is -2.23. The van der Waals surface area contributed by atoms with Gasteiger partial charge in [-0.15, -0.1) is 0 Å². The van der Waals surface area contributed by atoms with E-state index in [1.807, 2.05) is 48.5 Å². The fraction of sp³-hybridized carbons (Fsp3) is 0.318. The fourth-order valence-corrected chi connectivity index (χ4v) is 2.46. The molecule has 2 aromatic carbocycles. The summed E-state index contributed by atoms with van der Waals surface area (Å²) in [4.78, 5) is 36.7. The van der Waals surface area contributed by atoms with Gasteiger partial charge in [0, 0.05) is 6.42 Å². The lowest BCUT2D eigenvalue weighted by Crippen LogP contribution is -2.50. The Morgan fingerprint density at radius 1 is 0.862 bits per heavy atom. The van der Waals surface area contributed by atoms with E-state index in [1.54, 1.807) is 32.9 Å². The highest BCUT2D eigenvalue weighted by Gasteiger charge is 2.26. The minimum atomic E-state index is -1.00. The molecule has 0 heterocycles. The van der Waals surface area contributed by atoms with Crippen molar-refractivity contribution in [3.8, 4) is 0 Å². The van der Waals surface area contributed by atoms with Gasteiger partial charge in [-0.3, -0.25) is 10.1 Å². The zero-order valence-corrected chi connectivity index (χ0v) is 16.8. The number of ether oxygens (including phenoxy) is 2. The fourth-order valence-electron chi connectivity index (χ4n) is 2.46. The lowest BCUT2D eigenvalue weighted by atomic mass is 10.1. The van der Waals surface area contributed by atoms with E-state index < -0.39 is 29.7 Å². The molecule has 0 spiro atoms. The third-order valence-corrected chi connectivity index (χ3v) is 3.73. The smallest absolute Gasteiger partial charge is 0.414 e. The quantitative estimate of drug-likeness (QED) is 0.776. The van der Waals surface area contributed by atoms with Crippen molar-refractivity contribution in [2.75, 3.05) is 0 Å². The molecular formula is C22H26N2O5. The van der Waals surface area contributed by atoms with Crippen LogP contribution in [0.3, 0.4) is 0 Å². The number of imide groups is 1. The molecule has 0 unspecified atom stereocenters. The molecule has 3 amide bonds. The normalized spacial score (nSPS) is 11.8. The third-order valence-electron chi connectivity index (χ3n) is 3.73. The number of carbonyl (C=O) groups is 3. The van der Waals surface area contributed by atoms with Crippen molar-refractivity contribution in [2.45, 2.75) is 45.4 Å². The maximum absolute atomic E-state index is 12.6. The van der Waals surface area contributed by atoms with Gasteiger partial charge in [-0.1, -0.05) is 60.7 Å². The first kappa shape index (κ1) is 21.9. The van der Waals surface area contributed by atoms with E-state index in [-0.39, 0.29) is 13.0 Å². The van der Waals surface area contributed by atoms with Crippen molar-refractivity contribution >= 4 is 18.1 Å². The molecular weight excluding hydrogens is 372 g/mol. The van der Waals surface area contributed by atoms with Gasteiger partial charge in [0.05, 0.1) is 0 Å². The van der Waals surface area contributed by atoms with Crippen LogP contribution in [0.5, 0.6) is 0 Å². The van der Waals surface area contributed by atoms with Gasteiger partial charge in [-0.2, -0.15) is 0 Å². The van der Waals surface area contributed by atoms with Crippen LogP contribution in [0.2, 0.25) is 0 Å². The molecule has 0 aliphatic carbocycles. The first-order valence-electron chi connectivity index (χ1n) is 9.28. The zero-order valence-electron chi connectivity index (χ0n) is 16.8. The molecule has 154 valence electrons. The molecule has 7 heteroatoms. The number of hydrogen-bond donors (Lipinski definition) is 2. The van der Waals surface area contributed by atoms with Gasteiger partial charge in [0.15, 0.2) is 0 Å². The van der Waals surface area contributed by atoms with E-state index in [2.05, 4.69) is 10.6 Å². The lowest BCUT2D eigenvalue weighted by molar-refractivity contribution is -0.122. The minimum Gasteiger partial charge on any atom is -0.444 e. The molecule has 0 fully saturated rings. The van der Waals surface area contributed by atoms with Gasteiger partial charge in [-0.25, -0.2) is 9.59 Å². The van der Waals surface area contributed by atoms with Gasteiger partial charge in [-0.05, 0) is 31.9 Å². The molecule has 29 heavy (non-hydrogen) atoms. The molecule has 7 nitrogen and oxygen atoms in total. The predicted molar refractivity (Wildman–Crippen MR) is 108 cm³/mol. The van der Waals surface area contributed by atoms with Crippen molar-refractivity contribution in [3.63, 3.8) is 0 Å². The van der Waals surface area contributed by atoms with Crippen LogP contribution < -0.4 is 10.6 Å². The van der Waals surface area contributed by atoms with Crippen LogP contribution in [0.15, 0.2) is 60.7 Å². The standard InChI is InChI=1S/C22H26N2O5/c1-22(2,3)29-21(27)23-18(14-16-10-6-4-7-11-16)19(25)24-20(26)28-15-17-12-8-5-9-13-17/h4-13,18H,14-15H2,1-3H3,(H,23,27)(H,24,25,26)/t18-/m0/s1. The summed E-state index contributed by atoms with van der Waals surface area (Å²) >= 11 is 0. The summed E-state index contributed by atoms with van der Waals surface area (Å²) in [7, 11) is 0. The van der Waals surface area contributed by atoms with E-state index >= 15 is 0 Å². The van der Waals surface area contributed by atoms with Crippen molar-refractivity contribution in [1.82, 2.24) is 10.6 Å². The molecule has 0 aliphatic rings. The van der Waals surface area contributed by atoms with Crippen molar-refractivity contribution < 1.29 is 23.9 Å². The first-order valence-corrected chi connectivity index (χ1v) is 9.28. The Kier molecular flexibility index (Phi) is 7.77. The van der Waals surface area contributed by atoms with E-state index in [1.165, 1.54) is 0 Å². The first-order chi connectivity index (χ1) is 13.7. The van der Waals surface area contributed by atoms with Crippen LogP contribution in [-0.2, 0) is 27.3 Å². The number of nitrogens with one attached hydrogen (secondary N) is 2. The molecule has 0 saturated carbocycles. The summed E-state index contributed by atoms with van der Waals surface area (Å²) in [5, 5.41) is 4.69. The summed E-state index contributed by atoms with van der Waals surface area (Å²) in [6.45, 7) is 5.20. The van der Waals surface area contributed by atoms with Crippen LogP contribution in [0, 0.1) is 0 Å². The second-order valence-corrected chi connectivity index (χ2v) is 7.44. The van der Waals surface area contributed by atoms with Crippen LogP contribution in [-0.4, -0.2) is 29.7 Å². The van der Waals surface area contributed by atoms with Crippen LogP contribution in [0.25, 0.3) is 0 Å². The number of carbonyl (C=O) groups excluding carboxylic acids is 3. The maximum atomic E-state index is 12.6.